The summed E-state index contributed by atoms with van der Waals surface area (Å²) in [6.07, 6.45) is 2.53. The standard InChI is InChI=1S/C13H18BrN3S/c1-17-7-3-4-9(17)8-16-11-6-2-5-10(14)12(11)13(15)18/h2,5-6,9,16H,3-4,7-8H2,1H3,(H2,15,18). The summed E-state index contributed by atoms with van der Waals surface area (Å²) in [4.78, 5) is 2.82. The third kappa shape index (κ3) is 3.02. The number of hydrogen-bond acceptors (Lipinski definition) is 3. The Bertz CT molecular complexity index is 450. The molecule has 1 aliphatic heterocycles. The van der Waals surface area contributed by atoms with Crippen LogP contribution < -0.4 is 11.1 Å². The van der Waals surface area contributed by atoms with Crippen LogP contribution in [0.1, 0.15) is 18.4 Å². The van der Waals surface area contributed by atoms with E-state index in [9.17, 15) is 0 Å². The molecule has 3 nitrogen and oxygen atoms in total. The smallest absolute Gasteiger partial charge is 0.107 e. The molecule has 0 bridgehead atoms. The van der Waals surface area contributed by atoms with Gasteiger partial charge in [0.25, 0.3) is 0 Å². The van der Waals surface area contributed by atoms with Gasteiger partial charge in [-0.25, -0.2) is 0 Å². The first-order chi connectivity index (χ1) is 8.59. The van der Waals surface area contributed by atoms with E-state index in [2.05, 4.69) is 33.2 Å². The molecule has 1 atom stereocenters. The molecule has 1 aromatic rings. The maximum atomic E-state index is 5.78. The monoisotopic (exact) mass is 327 g/mol. The summed E-state index contributed by atoms with van der Waals surface area (Å²) in [6, 6.07) is 6.57. The molecule has 1 saturated heterocycles. The lowest BCUT2D eigenvalue weighted by Gasteiger charge is -2.21. The Kier molecular flexibility index (Phi) is 4.59. The average Bonchev–Trinajstić information content (AvgIpc) is 2.71. The van der Waals surface area contributed by atoms with E-state index in [0.717, 1.165) is 22.3 Å². The highest BCUT2D eigenvalue weighted by atomic mass is 79.9. The zero-order chi connectivity index (χ0) is 13.1. The maximum Gasteiger partial charge on any atom is 0.107 e. The van der Waals surface area contributed by atoms with Crippen LogP contribution in [0.2, 0.25) is 0 Å². The molecule has 0 amide bonds. The molecule has 1 aliphatic rings. The number of halogens is 1. The van der Waals surface area contributed by atoms with Crippen molar-refractivity contribution in [1.82, 2.24) is 4.90 Å². The second-order valence-electron chi connectivity index (χ2n) is 4.68. The van der Waals surface area contributed by atoms with Crippen molar-refractivity contribution < 1.29 is 0 Å². The Balaban J connectivity index is 2.09. The highest BCUT2D eigenvalue weighted by Crippen LogP contribution is 2.25. The lowest BCUT2D eigenvalue weighted by molar-refractivity contribution is 0.322. The number of nitrogens with one attached hydrogen (secondary N) is 1. The van der Waals surface area contributed by atoms with Gasteiger partial charge < -0.3 is 16.0 Å². The number of anilines is 1. The molecule has 0 aliphatic carbocycles. The van der Waals surface area contributed by atoms with Crippen LogP contribution in [0.3, 0.4) is 0 Å². The largest absolute Gasteiger partial charge is 0.389 e. The van der Waals surface area contributed by atoms with Gasteiger partial charge in [-0.1, -0.05) is 18.3 Å². The van der Waals surface area contributed by atoms with Crippen LogP contribution >= 0.6 is 28.1 Å². The molecule has 1 unspecified atom stereocenters. The van der Waals surface area contributed by atoms with E-state index in [-0.39, 0.29) is 0 Å². The second-order valence-corrected chi connectivity index (χ2v) is 5.98. The van der Waals surface area contributed by atoms with Crippen LogP contribution in [0.4, 0.5) is 5.69 Å². The van der Waals surface area contributed by atoms with Crippen molar-refractivity contribution >= 4 is 38.8 Å². The third-order valence-electron chi connectivity index (χ3n) is 3.46. The van der Waals surface area contributed by atoms with Gasteiger partial charge >= 0.3 is 0 Å². The van der Waals surface area contributed by atoms with E-state index in [4.69, 9.17) is 18.0 Å². The molecule has 18 heavy (non-hydrogen) atoms. The van der Waals surface area contributed by atoms with Crippen molar-refractivity contribution in [3.05, 3.63) is 28.2 Å². The molecular weight excluding hydrogens is 310 g/mol. The zero-order valence-corrected chi connectivity index (χ0v) is 12.9. The van der Waals surface area contributed by atoms with Crippen molar-refractivity contribution in [1.29, 1.82) is 0 Å². The molecule has 0 radical (unpaired) electrons. The second kappa shape index (κ2) is 5.99. The molecule has 98 valence electrons. The number of likely N-dealkylation sites (tertiary alicyclic amines) is 1. The van der Waals surface area contributed by atoms with Crippen molar-refractivity contribution in [2.75, 3.05) is 25.5 Å². The van der Waals surface area contributed by atoms with Gasteiger partial charge in [0.1, 0.15) is 4.99 Å². The Morgan fingerprint density at radius 2 is 2.39 bits per heavy atom. The highest BCUT2D eigenvalue weighted by Gasteiger charge is 2.20. The summed E-state index contributed by atoms with van der Waals surface area (Å²) in [5.41, 5.74) is 7.69. The highest BCUT2D eigenvalue weighted by molar-refractivity contribution is 9.10. The minimum Gasteiger partial charge on any atom is -0.389 e. The summed E-state index contributed by atoms with van der Waals surface area (Å²) < 4.78 is 0.944. The molecule has 5 heteroatoms. The van der Waals surface area contributed by atoms with E-state index in [1.807, 2.05) is 18.2 Å². The normalized spacial score (nSPS) is 20.0. The minimum absolute atomic E-state index is 0.421. The fourth-order valence-electron chi connectivity index (χ4n) is 2.39. The lowest BCUT2D eigenvalue weighted by atomic mass is 10.1. The SMILES string of the molecule is CN1CCCC1CNc1cccc(Br)c1C(N)=S. The van der Waals surface area contributed by atoms with Gasteiger partial charge in [0, 0.05) is 28.3 Å². The molecule has 0 aromatic heterocycles. The van der Waals surface area contributed by atoms with Gasteiger partial charge in [0.15, 0.2) is 0 Å². The first-order valence-electron chi connectivity index (χ1n) is 6.12. The Morgan fingerprint density at radius 1 is 1.61 bits per heavy atom. The number of hydrogen-bond donors (Lipinski definition) is 2. The van der Waals surface area contributed by atoms with Crippen molar-refractivity contribution in [3.8, 4) is 0 Å². The Hall–Kier alpha value is -0.650. The van der Waals surface area contributed by atoms with E-state index in [1.165, 1.54) is 19.4 Å². The summed E-state index contributed by atoms with van der Waals surface area (Å²) in [5, 5.41) is 3.47. The topological polar surface area (TPSA) is 41.3 Å². The summed E-state index contributed by atoms with van der Waals surface area (Å²) >= 11 is 8.60. The predicted molar refractivity (Wildman–Crippen MR) is 84.2 cm³/mol. The molecule has 1 fully saturated rings. The first kappa shape index (κ1) is 13.8. The van der Waals surface area contributed by atoms with E-state index < -0.39 is 0 Å². The minimum atomic E-state index is 0.421. The fraction of sp³-hybridized carbons (Fsp3) is 0.462. The van der Waals surface area contributed by atoms with Crippen molar-refractivity contribution in [2.24, 2.45) is 5.73 Å². The molecule has 0 spiro atoms. The van der Waals surface area contributed by atoms with Gasteiger partial charge in [0.2, 0.25) is 0 Å². The van der Waals surface area contributed by atoms with Crippen LogP contribution in [-0.4, -0.2) is 36.1 Å². The van der Waals surface area contributed by atoms with Crippen LogP contribution in [0.15, 0.2) is 22.7 Å². The van der Waals surface area contributed by atoms with E-state index in [1.54, 1.807) is 0 Å². The fourth-order valence-corrected chi connectivity index (χ4v) is 3.32. The van der Waals surface area contributed by atoms with Crippen LogP contribution in [0.5, 0.6) is 0 Å². The summed E-state index contributed by atoms with van der Waals surface area (Å²) in [5.74, 6) is 0. The van der Waals surface area contributed by atoms with E-state index >= 15 is 0 Å². The quantitative estimate of drug-likeness (QED) is 0.834. The van der Waals surface area contributed by atoms with Crippen molar-refractivity contribution in [3.63, 3.8) is 0 Å². The van der Waals surface area contributed by atoms with Gasteiger partial charge in [-0.15, -0.1) is 0 Å². The number of nitrogens with two attached hydrogens (primary N) is 1. The lowest BCUT2D eigenvalue weighted by Crippen LogP contribution is -2.32. The number of likely N-dealkylation sites (N-methyl/N-ethyl adjacent to an activating group) is 1. The van der Waals surface area contributed by atoms with Crippen LogP contribution in [-0.2, 0) is 0 Å². The number of rotatable bonds is 4. The predicted octanol–water partition coefficient (Wildman–Crippen LogP) is 2.59. The van der Waals surface area contributed by atoms with Crippen LogP contribution in [0, 0.1) is 0 Å². The molecule has 1 aromatic carbocycles. The maximum absolute atomic E-state index is 5.78. The Morgan fingerprint density at radius 3 is 3.00 bits per heavy atom. The van der Waals surface area contributed by atoms with Gasteiger partial charge in [-0.2, -0.15) is 0 Å². The molecular formula is C13H18BrN3S. The summed E-state index contributed by atoms with van der Waals surface area (Å²) in [6.45, 7) is 2.12. The van der Waals surface area contributed by atoms with Crippen LogP contribution in [0.25, 0.3) is 0 Å². The molecule has 1 heterocycles. The van der Waals surface area contributed by atoms with Gasteiger partial charge in [0.05, 0.1) is 0 Å². The molecule has 0 saturated carbocycles. The van der Waals surface area contributed by atoms with Gasteiger partial charge in [-0.3, -0.25) is 0 Å². The number of thiocarbonyl (C=S) groups is 1. The number of nitrogens with zero attached hydrogens (tertiary/aromatic N) is 1. The van der Waals surface area contributed by atoms with Crippen molar-refractivity contribution in [2.45, 2.75) is 18.9 Å². The molecule has 3 N–H and O–H groups in total. The Labute approximate surface area is 122 Å². The van der Waals surface area contributed by atoms with Gasteiger partial charge in [-0.05, 0) is 54.5 Å². The van der Waals surface area contributed by atoms with E-state index in [0.29, 0.717) is 11.0 Å². The zero-order valence-electron chi connectivity index (χ0n) is 10.4. The number of benzene rings is 1. The first-order valence-corrected chi connectivity index (χ1v) is 7.32. The average molecular weight is 328 g/mol. The molecule has 2 rings (SSSR count). The summed E-state index contributed by atoms with van der Waals surface area (Å²) in [7, 11) is 2.18. The third-order valence-corrected chi connectivity index (χ3v) is 4.32.